The maximum Gasteiger partial charge on any atom is 0.0123 e. The zero-order chi connectivity index (χ0) is 9.80. The Morgan fingerprint density at radius 3 is 2.71 bits per heavy atom. The molecule has 0 amide bonds. The fourth-order valence-corrected chi connectivity index (χ4v) is 3.52. The van der Waals surface area contributed by atoms with Crippen LogP contribution in [-0.4, -0.2) is 29.4 Å². The first kappa shape index (κ1) is 10.9. The van der Waals surface area contributed by atoms with Gasteiger partial charge in [-0.15, -0.1) is 0 Å². The molecule has 2 unspecified atom stereocenters. The highest BCUT2D eigenvalue weighted by atomic mass is 79.9. The van der Waals surface area contributed by atoms with E-state index in [1.807, 2.05) is 0 Å². The Morgan fingerprint density at radius 1 is 1.07 bits per heavy atom. The van der Waals surface area contributed by atoms with E-state index in [1.165, 1.54) is 63.4 Å². The lowest BCUT2D eigenvalue weighted by molar-refractivity contribution is 0.0615. The molecule has 0 radical (unpaired) electrons. The molecule has 14 heavy (non-hydrogen) atoms. The van der Waals surface area contributed by atoms with Crippen LogP contribution in [0.5, 0.6) is 0 Å². The Bertz CT molecular complexity index is 170. The summed E-state index contributed by atoms with van der Waals surface area (Å²) >= 11 is 3.54. The lowest BCUT2D eigenvalue weighted by Crippen LogP contribution is -2.47. The molecule has 1 aliphatic carbocycles. The van der Waals surface area contributed by atoms with Gasteiger partial charge in [0.2, 0.25) is 0 Å². The van der Waals surface area contributed by atoms with Crippen molar-refractivity contribution >= 4 is 15.9 Å². The lowest BCUT2D eigenvalue weighted by Gasteiger charge is -2.44. The number of hydrogen-bond acceptors (Lipinski definition) is 1. The van der Waals surface area contributed by atoms with E-state index in [2.05, 4.69) is 20.8 Å². The summed E-state index contributed by atoms with van der Waals surface area (Å²) in [5.41, 5.74) is 0. The number of piperidine rings is 1. The fraction of sp³-hybridized carbons (Fsp3) is 1.00. The molecule has 1 saturated heterocycles. The summed E-state index contributed by atoms with van der Waals surface area (Å²) in [4.78, 5) is 2.77. The number of hydrogen-bond donors (Lipinski definition) is 0. The van der Waals surface area contributed by atoms with Gasteiger partial charge in [0.15, 0.2) is 0 Å². The topological polar surface area (TPSA) is 3.24 Å². The maximum atomic E-state index is 3.54. The second-order valence-electron chi connectivity index (χ2n) is 4.83. The number of likely N-dealkylation sites (tertiary alicyclic amines) is 1. The molecular formula is C12H22BrN. The minimum Gasteiger partial charge on any atom is -0.300 e. The normalized spacial score (nSPS) is 34.1. The minimum absolute atomic E-state index is 0.955. The molecule has 0 aromatic carbocycles. The molecule has 2 atom stereocenters. The van der Waals surface area contributed by atoms with Crippen LogP contribution in [0.15, 0.2) is 0 Å². The van der Waals surface area contributed by atoms with Crippen molar-refractivity contribution in [3.05, 3.63) is 0 Å². The Hall–Kier alpha value is 0.440. The van der Waals surface area contributed by atoms with Gasteiger partial charge in [0.05, 0.1) is 0 Å². The molecule has 1 aliphatic heterocycles. The van der Waals surface area contributed by atoms with E-state index in [0.717, 1.165) is 12.0 Å². The second kappa shape index (κ2) is 5.50. The number of fused-ring (bicyclic) bond motifs is 1. The third kappa shape index (κ3) is 2.52. The van der Waals surface area contributed by atoms with Gasteiger partial charge in [0.25, 0.3) is 0 Å². The number of alkyl halides is 1. The molecule has 0 spiro atoms. The molecule has 2 aliphatic rings. The smallest absolute Gasteiger partial charge is 0.0123 e. The van der Waals surface area contributed by atoms with Gasteiger partial charge in [-0.2, -0.15) is 0 Å². The van der Waals surface area contributed by atoms with Crippen LogP contribution < -0.4 is 0 Å². The first-order valence-corrected chi connectivity index (χ1v) is 7.34. The van der Waals surface area contributed by atoms with Gasteiger partial charge in [-0.1, -0.05) is 28.8 Å². The SMILES string of the molecule is BrCCCN1CCCC2CCCCC21. The van der Waals surface area contributed by atoms with Crippen LogP contribution in [0.4, 0.5) is 0 Å². The van der Waals surface area contributed by atoms with Gasteiger partial charge < -0.3 is 4.90 Å². The Balaban J connectivity index is 1.88. The lowest BCUT2D eigenvalue weighted by atomic mass is 9.78. The first-order valence-electron chi connectivity index (χ1n) is 6.22. The standard InChI is InChI=1S/C12H22BrN/c13-8-4-10-14-9-3-6-11-5-1-2-7-12(11)14/h11-12H,1-10H2. The monoisotopic (exact) mass is 259 g/mol. The largest absolute Gasteiger partial charge is 0.300 e. The first-order chi connectivity index (χ1) is 6.92. The predicted molar refractivity (Wildman–Crippen MR) is 65.0 cm³/mol. The number of rotatable bonds is 3. The van der Waals surface area contributed by atoms with E-state index in [0.29, 0.717) is 0 Å². The van der Waals surface area contributed by atoms with Gasteiger partial charge in [0, 0.05) is 11.4 Å². The minimum atomic E-state index is 0.955. The van der Waals surface area contributed by atoms with Crippen LogP contribution in [0.1, 0.15) is 44.9 Å². The third-order valence-electron chi connectivity index (χ3n) is 3.94. The molecular weight excluding hydrogens is 238 g/mol. The quantitative estimate of drug-likeness (QED) is 0.703. The molecule has 0 aromatic heterocycles. The molecule has 0 N–H and O–H groups in total. The Morgan fingerprint density at radius 2 is 1.86 bits per heavy atom. The zero-order valence-electron chi connectivity index (χ0n) is 9.05. The van der Waals surface area contributed by atoms with Crippen molar-refractivity contribution in [1.82, 2.24) is 4.90 Å². The molecule has 82 valence electrons. The molecule has 2 fully saturated rings. The van der Waals surface area contributed by atoms with Crippen molar-refractivity contribution in [2.75, 3.05) is 18.4 Å². The summed E-state index contributed by atoms with van der Waals surface area (Å²) in [6.07, 6.45) is 10.2. The van der Waals surface area contributed by atoms with E-state index in [1.54, 1.807) is 0 Å². The van der Waals surface area contributed by atoms with Crippen LogP contribution in [0.3, 0.4) is 0 Å². The molecule has 0 aromatic rings. The third-order valence-corrected chi connectivity index (χ3v) is 4.50. The van der Waals surface area contributed by atoms with E-state index in [4.69, 9.17) is 0 Å². The fourth-order valence-electron chi connectivity index (χ4n) is 3.27. The second-order valence-corrected chi connectivity index (χ2v) is 5.63. The summed E-state index contributed by atoms with van der Waals surface area (Å²) < 4.78 is 0. The van der Waals surface area contributed by atoms with Gasteiger partial charge in [-0.25, -0.2) is 0 Å². The van der Waals surface area contributed by atoms with Crippen LogP contribution in [0.2, 0.25) is 0 Å². The number of halogens is 1. The van der Waals surface area contributed by atoms with Gasteiger partial charge >= 0.3 is 0 Å². The van der Waals surface area contributed by atoms with Gasteiger partial charge in [-0.05, 0) is 51.1 Å². The van der Waals surface area contributed by atoms with Crippen molar-refractivity contribution in [3.8, 4) is 0 Å². The molecule has 2 rings (SSSR count). The summed E-state index contributed by atoms with van der Waals surface area (Å²) in [6.45, 7) is 2.70. The predicted octanol–water partition coefficient (Wildman–Crippen LogP) is 3.43. The van der Waals surface area contributed by atoms with Crippen LogP contribution in [0.25, 0.3) is 0 Å². The molecule has 2 heteroatoms. The molecule has 0 bridgehead atoms. The summed E-state index contributed by atoms with van der Waals surface area (Å²) in [7, 11) is 0. The van der Waals surface area contributed by atoms with Crippen molar-refractivity contribution in [2.45, 2.75) is 51.0 Å². The van der Waals surface area contributed by atoms with Gasteiger partial charge in [0.1, 0.15) is 0 Å². The molecule has 1 nitrogen and oxygen atoms in total. The average molecular weight is 260 g/mol. The summed E-state index contributed by atoms with van der Waals surface area (Å²) in [5, 5.41) is 1.17. The number of nitrogens with zero attached hydrogens (tertiary/aromatic N) is 1. The highest BCUT2D eigenvalue weighted by molar-refractivity contribution is 9.09. The highest BCUT2D eigenvalue weighted by Gasteiger charge is 2.32. The van der Waals surface area contributed by atoms with E-state index in [-0.39, 0.29) is 0 Å². The maximum absolute atomic E-state index is 3.54. The van der Waals surface area contributed by atoms with Crippen LogP contribution in [-0.2, 0) is 0 Å². The Labute approximate surface area is 96.4 Å². The van der Waals surface area contributed by atoms with Crippen molar-refractivity contribution in [3.63, 3.8) is 0 Å². The summed E-state index contributed by atoms with van der Waals surface area (Å²) in [5.74, 6) is 1.05. The molecule has 1 heterocycles. The molecule has 1 saturated carbocycles. The van der Waals surface area contributed by atoms with E-state index in [9.17, 15) is 0 Å². The van der Waals surface area contributed by atoms with Crippen molar-refractivity contribution < 1.29 is 0 Å². The highest BCUT2D eigenvalue weighted by Crippen LogP contribution is 2.35. The zero-order valence-corrected chi connectivity index (χ0v) is 10.6. The average Bonchev–Trinajstić information content (AvgIpc) is 2.26. The van der Waals surface area contributed by atoms with E-state index < -0.39 is 0 Å². The Kier molecular flexibility index (Phi) is 4.30. The van der Waals surface area contributed by atoms with Crippen molar-refractivity contribution in [2.24, 2.45) is 5.92 Å². The van der Waals surface area contributed by atoms with Gasteiger partial charge in [-0.3, -0.25) is 0 Å². The van der Waals surface area contributed by atoms with Crippen LogP contribution in [0, 0.1) is 5.92 Å². The van der Waals surface area contributed by atoms with Crippen LogP contribution >= 0.6 is 15.9 Å². The van der Waals surface area contributed by atoms with E-state index >= 15 is 0 Å². The van der Waals surface area contributed by atoms with Crippen molar-refractivity contribution in [1.29, 1.82) is 0 Å². The summed E-state index contributed by atoms with van der Waals surface area (Å²) in [6, 6.07) is 0.955.